The van der Waals surface area contributed by atoms with E-state index in [1.54, 1.807) is 0 Å². The Morgan fingerprint density at radius 1 is 1.43 bits per heavy atom. The van der Waals surface area contributed by atoms with E-state index in [2.05, 4.69) is 33.1 Å². The van der Waals surface area contributed by atoms with Crippen molar-refractivity contribution in [2.45, 2.75) is 32.4 Å². The van der Waals surface area contributed by atoms with Crippen molar-refractivity contribution in [3.63, 3.8) is 0 Å². The highest BCUT2D eigenvalue weighted by molar-refractivity contribution is 5.37. The summed E-state index contributed by atoms with van der Waals surface area (Å²) in [5.74, 6) is 1.64. The molecule has 6 nitrogen and oxygen atoms in total. The standard InChI is InChI=1S/C17H21N5O/c1-2-5-16-19-17(21-20-16)15-12-22(8-9-23-15)11-14-7-4-3-6-13(14)10-18/h3-4,6-7,15H,2,5,8-9,11-12H2,1H3,(H,19,20,21)/t15-/m0/s1. The van der Waals surface area contributed by atoms with Crippen molar-refractivity contribution >= 4 is 0 Å². The Morgan fingerprint density at radius 3 is 3.13 bits per heavy atom. The number of morpholine rings is 1. The Kier molecular flexibility index (Phi) is 5.01. The Balaban J connectivity index is 1.67. The lowest BCUT2D eigenvalue weighted by Gasteiger charge is -2.31. The van der Waals surface area contributed by atoms with E-state index in [0.717, 1.165) is 55.3 Å². The van der Waals surface area contributed by atoms with Crippen LogP contribution in [-0.4, -0.2) is 39.8 Å². The molecular formula is C17H21N5O. The summed E-state index contributed by atoms with van der Waals surface area (Å²) in [5, 5.41) is 16.5. The second-order valence-corrected chi connectivity index (χ2v) is 5.75. The van der Waals surface area contributed by atoms with Crippen molar-refractivity contribution in [3.8, 4) is 6.07 Å². The number of ether oxygens (including phenoxy) is 1. The SMILES string of the molecule is CCCc1nc([C@@H]2CN(Cc3ccccc3C#N)CCO2)n[nH]1. The van der Waals surface area contributed by atoms with Gasteiger partial charge in [-0.05, 0) is 18.1 Å². The molecule has 0 bridgehead atoms. The molecule has 1 saturated heterocycles. The van der Waals surface area contributed by atoms with E-state index in [9.17, 15) is 5.26 Å². The van der Waals surface area contributed by atoms with Crippen LogP contribution in [0.2, 0.25) is 0 Å². The Hall–Kier alpha value is -2.23. The quantitative estimate of drug-likeness (QED) is 0.916. The number of nitrogens with zero attached hydrogens (tertiary/aromatic N) is 4. The van der Waals surface area contributed by atoms with Gasteiger partial charge in [0.05, 0.1) is 18.2 Å². The highest BCUT2D eigenvalue weighted by atomic mass is 16.5. The lowest BCUT2D eigenvalue weighted by atomic mass is 10.1. The Bertz CT molecular complexity index is 690. The molecule has 3 rings (SSSR count). The van der Waals surface area contributed by atoms with Crippen molar-refractivity contribution in [1.29, 1.82) is 5.26 Å². The molecule has 0 amide bonds. The molecule has 1 aromatic carbocycles. The highest BCUT2D eigenvalue weighted by Crippen LogP contribution is 2.21. The van der Waals surface area contributed by atoms with Crippen LogP contribution in [0.5, 0.6) is 0 Å². The van der Waals surface area contributed by atoms with Crippen LogP contribution in [-0.2, 0) is 17.7 Å². The molecule has 1 atom stereocenters. The maximum absolute atomic E-state index is 9.21. The fraction of sp³-hybridized carbons (Fsp3) is 0.471. The maximum Gasteiger partial charge on any atom is 0.180 e. The summed E-state index contributed by atoms with van der Waals surface area (Å²) in [6, 6.07) is 10.00. The number of H-pyrrole nitrogens is 1. The molecule has 1 aliphatic rings. The zero-order valence-corrected chi connectivity index (χ0v) is 13.3. The lowest BCUT2D eigenvalue weighted by molar-refractivity contribution is -0.0371. The van der Waals surface area contributed by atoms with Gasteiger partial charge in [0.2, 0.25) is 0 Å². The predicted molar refractivity (Wildman–Crippen MR) is 85.5 cm³/mol. The van der Waals surface area contributed by atoms with Crippen LogP contribution in [0.25, 0.3) is 0 Å². The third-order valence-electron chi connectivity index (χ3n) is 4.01. The predicted octanol–water partition coefficient (Wildman–Crippen LogP) is 2.20. The van der Waals surface area contributed by atoms with E-state index in [4.69, 9.17) is 4.74 Å². The molecule has 0 aliphatic carbocycles. The van der Waals surface area contributed by atoms with Gasteiger partial charge in [0, 0.05) is 26.1 Å². The number of hydrogen-bond acceptors (Lipinski definition) is 5. The minimum atomic E-state index is -0.111. The normalized spacial score (nSPS) is 18.7. The van der Waals surface area contributed by atoms with Crippen molar-refractivity contribution in [2.24, 2.45) is 0 Å². The molecule has 23 heavy (non-hydrogen) atoms. The second-order valence-electron chi connectivity index (χ2n) is 5.75. The minimum absolute atomic E-state index is 0.111. The minimum Gasteiger partial charge on any atom is -0.367 e. The molecule has 1 N–H and O–H groups in total. The Labute approximate surface area is 136 Å². The summed E-state index contributed by atoms with van der Waals surface area (Å²) in [6.45, 7) is 5.10. The molecule has 120 valence electrons. The van der Waals surface area contributed by atoms with E-state index in [-0.39, 0.29) is 6.10 Å². The van der Waals surface area contributed by atoms with Crippen LogP contribution >= 0.6 is 0 Å². The van der Waals surface area contributed by atoms with E-state index >= 15 is 0 Å². The monoisotopic (exact) mass is 311 g/mol. The largest absolute Gasteiger partial charge is 0.367 e. The molecule has 2 aromatic rings. The molecule has 1 fully saturated rings. The average molecular weight is 311 g/mol. The molecule has 1 aliphatic heterocycles. The summed E-state index contributed by atoms with van der Waals surface area (Å²) in [7, 11) is 0. The van der Waals surface area contributed by atoms with Gasteiger partial charge in [-0.3, -0.25) is 10.00 Å². The van der Waals surface area contributed by atoms with Crippen molar-refractivity contribution in [3.05, 3.63) is 47.0 Å². The zero-order chi connectivity index (χ0) is 16.1. The topological polar surface area (TPSA) is 77.8 Å². The van der Waals surface area contributed by atoms with Crippen LogP contribution in [0, 0.1) is 11.3 Å². The molecule has 0 spiro atoms. The molecular weight excluding hydrogens is 290 g/mol. The number of benzene rings is 1. The first-order valence-electron chi connectivity index (χ1n) is 8.03. The number of nitrogens with one attached hydrogen (secondary N) is 1. The fourth-order valence-corrected chi connectivity index (χ4v) is 2.81. The molecule has 6 heteroatoms. The molecule has 1 aromatic heterocycles. The Morgan fingerprint density at radius 2 is 2.30 bits per heavy atom. The molecule has 2 heterocycles. The van der Waals surface area contributed by atoms with E-state index < -0.39 is 0 Å². The molecule has 0 unspecified atom stereocenters. The first kappa shape index (κ1) is 15.7. The third-order valence-corrected chi connectivity index (χ3v) is 4.01. The van der Waals surface area contributed by atoms with E-state index in [1.807, 2.05) is 24.3 Å². The average Bonchev–Trinajstić information content (AvgIpc) is 3.05. The first-order chi connectivity index (χ1) is 11.3. The summed E-state index contributed by atoms with van der Waals surface area (Å²) in [4.78, 5) is 6.82. The summed E-state index contributed by atoms with van der Waals surface area (Å²) < 4.78 is 5.83. The zero-order valence-electron chi connectivity index (χ0n) is 13.3. The number of aryl methyl sites for hydroxylation is 1. The summed E-state index contributed by atoms with van der Waals surface area (Å²) in [5.41, 5.74) is 1.79. The van der Waals surface area contributed by atoms with E-state index in [1.165, 1.54) is 0 Å². The van der Waals surface area contributed by atoms with Crippen LogP contribution < -0.4 is 0 Å². The van der Waals surface area contributed by atoms with Gasteiger partial charge in [0.1, 0.15) is 11.9 Å². The van der Waals surface area contributed by atoms with Crippen LogP contribution in [0.3, 0.4) is 0 Å². The number of hydrogen-bond donors (Lipinski definition) is 1. The van der Waals surface area contributed by atoms with Gasteiger partial charge in [-0.15, -0.1) is 0 Å². The van der Waals surface area contributed by atoms with Crippen LogP contribution in [0.1, 0.15) is 42.2 Å². The van der Waals surface area contributed by atoms with Gasteiger partial charge in [-0.25, -0.2) is 4.98 Å². The van der Waals surface area contributed by atoms with Gasteiger partial charge in [0.15, 0.2) is 5.82 Å². The summed E-state index contributed by atoms with van der Waals surface area (Å²) >= 11 is 0. The van der Waals surface area contributed by atoms with Crippen LogP contribution in [0.15, 0.2) is 24.3 Å². The second kappa shape index (κ2) is 7.36. The smallest absolute Gasteiger partial charge is 0.180 e. The van der Waals surface area contributed by atoms with Gasteiger partial charge < -0.3 is 4.74 Å². The van der Waals surface area contributed by atoms with Crippen molar-refractivity contribution < 1.29 is 4.74 Å². The highest BCUT2D eigenvalue weighted by Gasteiger charge is 2.25. The van der Waals surface area contributed by atoms with Gasteiger partial charge in [-0.1, -0.05) is 25.1 Å². The number of aromatic amines is 1. The third kappa shape index (κ3) is 3.76. The van der Waals surface area contributed by atoms with Gasteiger partial charge in [-0.2, -0.15) is 10.4 Å². The fourth-order valence-electron chi connectivity index (χ4n) is 2.81. The van der Waals surface area contributed by atoms with Crippen LogP contribution in [0.4, 0.5) is 0 Å². The molecule has 0 saturated carbocycles. The number of aromatic nitrogens is 3. The van der Waals surface area contributed by atoms with Gasteiger partial charge in [0.25, 0.3) is 0 Å². The first-order valence-corrected chi connectivity index (χ1v) is 8.03. The maximum atomic E-state index is 9.21. The molecule has 0 radical (unpaired) electrons. The lowest BCUT2D eigenvalue weighted by Crippen LogP contribution is -2.38. The van der Waals surface area contributed by atoms with Crippen molar-refractivity contribution in [2.75, 3.05) is 19.7 Å². The number of nitriles is 1. The van der Waals surface area contributed by atoms with Gasteiger partial charge >= 0.3 is 0 Å². The number of rotatable bonds is 5. The van der Waals surface area contributed by atoms with E-state index in [0.29, 0.717) is 6.61 Å². The summed E-state index contributed by atoms with van der Waals surface area (Å²) in [6.07, 6.45) is 1.83. The van der Waals surface area contributed by atoms with Crippen molar-refractivity contribution in [1.82, 2.24) is 20.1 Å².